The molecule has 0 radical (unpaired) electrons. The molecule has 0 amide bonds. The summed E-state index contributed by atoms with van der Waals surface area (Å²) in [7, 11) is -3.49. The van der Waals surface area contributed by atoms with Crippen molar-refractivity contribution in [3.8, 4) is 5.69 Å². The van der Waals surface area contributed by atoms with Gasteiger partial charge in [-0.05, 0) is 36.4 Å². The van der Waals surface area contributed by atoms with Gasteiger partial charge in [0.05, 0.1) is 17.6 Å². The standard InChI is InChI=1S/C19H19ClN4O3S2/c20-18-16(13-21-24(19(18)25)15-5-2-1-3-6-15)23-10-8-14(9-11-23)22-29(26,27)17-7-4-12-28-17/h1-7,12-14,22H,8-11H2. The zero-order chi connectivity index (χ0) is 20.4. The van der Waals surface area contributed by atoms with Gasteiger partial charge in [0.15, 0.2) is 0 Å². The minimum absolute atomic E-state index is 0.112. The second kappa shape index (κ2) is 8.27. The number of nitrogens with zero attached hydrogens (tertiary/aromatic N) is 3. The summed E-state index contributed by atoms with van der Waals surface area (Å²) < 4.78 is 29.1. The van der Waals surface area contributed by atoms with E-state index in [9.17, 15) is 13.2 Å². The van der Waals surface area contributed by atoms with E-state index in [1.165, 1.54) is 16.0 Å². The third-order valence-corrected chi connectivity index (χ3v) is 8.09. The molecule has 10 heteroatoms. The molecule has 1 fully saturated rings. The topological polar surface area (TPSA) is 84.3 Å². The van der Waals surface area contributed by atoms with Crippen LogP contribution in [0, 0.1) is 0 Å². The van der Waals surface area contributed by atoms with Crippen molar-refractivity contribution in [3.63, 3.8) is 0 Å². The van der Waals surface area contributed by atoms with Crippen LogP contribution in [-0.4, -0.2) is 37.3 Å². The Kier molecular flexibility index (Phi) is 5.73. The average molecular weight is 451 g/mol. The Hall–Kier alpha value is -2.20. The number of piperidine rings is 1. The van der Waals surface area contributed by atoms with Crippen molar-refractivity contribution in [2.75, 3.05) is 18.0 Å². The van der Waals surface area contributed by atoms with E-state index in [0.29, 0.717) is 41.5 Å². The smallest absolute Gasteiger partial charge is 0.292 e. The van der Waals surface area contributed by atoms with Gasteiger partial charge in [-0.2, -0.15) is 9.78 Å². The van der Waals surface area contributed by atoms with Crippen LogP contribution in [0.3, 0.4) is 0 Å². The first-order chi connectivity index (χ1) is 14.0. The van der Waals surface area contributed by atoms with E-state index in [-0.39, 0.29) is 16.6 Å². The molecule has 1 aromatic carbocycles. The molecule has 0 atom stereocenters. The van der Waals surface area contributed by atoms with Crippen molar-refractivity contribution in [2.45, 2.75) is 23.1 Å². The summed E-state index contributed by atoms with van der Waals surface area (Å²) in [5, 5.41) is 6.12. The molecule has 152 valence electrons. The molecule has 3 aromatic rings. The Bertz CT molecular complexity index is 1140. The largest absolute Gasteiger partial charge is 0.369 e. The fraction of sp³-hybridized carbons (Fsp3) is 0.263. The summed E-state index contributed by atoms with van der Waals surface area (Å²) in [6.45, 7) is 1.15. The van der Waals surface area contributed by atoms with Gasteiger partial charge in [0.2, 0.25) is 10.0 Å². The second-order valence-corrected chi connectivity index (χ2v) is 9.98. The van der Waals surface area contributed by atoms with Crippen LogP contribution in [0.2, 0.25) is 5.02 Å². The summed E-state index contributed by atoms with van der Waals surface area (Å²) in [5.74, 6) is 0. The predicted molar refractivity (Wildman–Crippen MR) is 115 cm³/mol. The quantitative estimate of drug-likeness (QED) is 0.646. The average Bonchev–Trinajstić information content (AvgIpc) is 3.27. The maximum absolute atomic E-state index is 12.7. The van der Waals surface area contributed by atoms with Crippen LogP contribution in [0.4, 0.5) is 5.69 Å². The minimum Gasteiger partial charge on any atom is -0.369 e. The SMILES string of the molecule is O=c1c(Cl)c(N2CCC(NS(=O)(=O)c3cccs3)CC2)cnn1-c1ccccc1. The Labute approximate surface area is 177 Å². The third-order valence-electron chi connectivity index (χ3n) is 4.82. The number of thiophene rings is 1. The first-order valence-electron chi connectivity index (χ1n) is 9.10. The highest BCUT2D eigenvalue weighted by atomic mass is 35.5. The van der Waals surface area contributed by atoms with Crippen LogP contribution in [0.15, 0.2) is 63.0 Å². The van der Waals surface area contributed by atoms with Gasteiger partial charge in [-0.25, -0.2) is 13.1 Å². The number of rotatable bonds is 5. The van der Waals surface area contributed by atoms with Crippen LogP contribution in [0.5, 0.6) is 0 Å². The number of benzene rings is 1. The van der Waals surface area contributed by atoms with E-state index >= 15 is 0 Å². The number of nitrogens with one attached hydrogen (secondary N) is 1. The second-order valence-electron chi connectivity index (χ2n) is 6.71. The van der Waals surface area contributed by atoms with E-state index in [1.54, 1.807) is 35.8 Å². The summed E-state index contributed by atoms with van der Waals surface area (Å²) in [6, 6.07) is 12.2. The van der Waals surface area contributed by atoms with Gasteiger partial charge >= 0.3 is 0 Å². The zero-order valence-electron chi connectivity index (χ0n) is 15.4. The molecule has 0 bridgehead atoms. The predicted octanol–water partition coefficient (Wildman–Crippen LogP) is 2.89. The van der Waals surface area contributed by atoms with Gasteiger partial charge in [0, 0.05) is 19.1 Å². The number of anilines is 1. The summed E-state index contributed by atoms with van der Waals surface area (Å²) in [4.78, 5) is 14.6. The Balaban J connectivity index is 1.46. The maximum Gasteiger partial charge on any atom is 0.292 e. The Morgan fingerprint density at radius 1 is 1.10 bits per heavy atom. The summed E-state index contributed by atoms with van der Waals surface area (Å²) >= 11 is 7.56. The number of para-hydroxylation sites is 1. The molecule has 4 rings (SSSR count). The fourth-order valence-corrected chi connectivity index (χ4v) is 5.89. The molecule has 1 N–H and O–H groups in total. The van der Waals surface area contributed by atoms with Gasteiger partial charge < -0.3 is 4.90 Å². The van der Waals surface area contributed by atoms with Crippen molar-refractivity contribution < 1.29 is 8.42 Å². The number of aromatic nitrogens is 2. The molecule has 0 saturated carbocycles. The fourth-order valence-electron chi connectivity index (χ4n) is 3.33. The molecule has 0 aliphatic carbocycles. The van der Waals surface area contributed by atoms with Gasteiger partial charge in [-0.1, -0.05) is 35.9 Å². The third kappa shape index (κ3) is 4.23. The van der Waals surface area contributed by atoms with Gasteiger partial charge in [0.1, 0.15) is 9.23 Å². The normalized spacial score (nSPS) is 15.6. The highest BCUT2D eigenvalue weighted by Crippen LogP contribution is 2.26. The van der Waals surface area contributed by atoms with Crippen molar-refractivity contribution in [1.82, 2.24) is 14.5 Å². The minimum atomic E-state index is -3.49. The monoisotopic (exact) mass is 450 g/mol. The van der Waals surface area contributed by atoms with Crippen molar-refractivity contribution in [1.29, 1.82) is 0 Å². The molecule has 1 saturated heterocycles. The molecular weight excluding hydrogens is 432 g/mol. The Morgan fingerprint density at radius 3 is 2.48 bits per heavy atom. The number of hydrogen-bond donors (Lipinski definition) is 1. The first-order valence-corrected chi connectivity index (χ1v) is 11.8. The lowest BCUT2D eigenvalue weighted by Crippen LogP contribution is -2.45. The van der Waals surface area contributed by atoms with E-state index in [0.717, 1.165) is 0 Å². The summed E-state index contributed by atoms with van der Waals surface area (Å²) in [6.07, 6.45) is 2.82. The van der Waals surface area contributed by atoms with Gasteiger partial charge in [-0.3, -0.25) is 4.79 Å². The highest BCUT2D eigenvalue weighted by molar-refractivity contribution is 7.91. The number of halogens is 1. The van der Waals surface area contributed by atoms with Gasteiger partial charge in [0.25, 0.3) is 5.56 Å². The van der Waals surface area contributed by atoms with Crippen LogP contribution >= 0.6 is 22.9 Å². The molecule has 7 nitrogen and oxygen atoms in total. The highest BCUT2D eigenvalue weighted by Gasteiger charge is 2.27. The van der Waals surface area contributed by atoms with E-state index in [2.05, 4.69) is 9.82 Å². The molecule has 2 aromatic heterocycles. The number of hydrogen-bond acceptors (Lipinski definition) is 6. The lowest BCUT2D eigenvalue weighted by atomic mass is 10.1. The van der Waals surface area contributed by atoms with Crippen LogP contribution in [0.1, 0.15) is 12.8 Å². The zero-order valence-corrected chi connectivity index (χ0v) is 17.8. The molecule has 3 heterocycles. The first kappa shape index (κ1) is 20.1. The van der Waals surface area contributed by atoms with Crippen molar-refractivity contribution in [2.24, 2.45) is 0 Å². The molecule has 1 aliphatic rings. The van der Waals surface area contributed by atoms with E-state index in [4.69, 9.17) is 11.6 Å². The molecule has 1 aliphatic heterocycles. The van der Waals surface area contributed by atoms with E-state index < -0.39 is 10.0 Å². The Morgan fingerprint density at radius 2 is 1.83 bits per heavy atom. The lowest BCUT2D eigenvalue weighted by molar-refractivity contribution is 0.460. The maximum atomic E-state index is 12.7. The lowest BCUT2D eigenvalue weighted by Gasteiger charge is -2.33. The number of sulfonamides is 1. The van der Waals surface area contributed by atoms with Crippen molar-refractivity contribution in [3.05, 3.63) is 69.4 Å². The van der Waals surface area contributed by atoms with Crippen molar-refractivity contribution >= 4 is 38.6 Å². The summed E-state index contributed by atoms with van der Waals surface area (Å²) in [5.41, 5.74) is 0.840. The molecule has 29 heavy (non-hydrogen) atoms. The molecule has 0 spiro atoms. The molecule has 0 unspecified atom stereocenters. The van der Waals surface area contributed by atoms with Gasteiger partial charge in [-0.15, -0.1) is 11.3 Å². The van der Waals surface area contributed by atoms with E-state index in [1.807, 2.05) is 23.1 Å². The molecular formula is C19H19ClN4O3S2. The van der Waals surface area contributed by atoms with Crippen LogP contribution in [-0.2, 0) is 10.0 Å². The van der Waals surface area contributed by atoms with Crippen LogP contribution < -0.4 is 15.2 Å². The van der Waals surface area contributed by atoms with Crippen LogP contribution in [0.25, 0.3) is 5.69 Å².